The van der Waals surface area contributed by atoms with Gasteiger partial charge in [-0.2, -0.15) is 0 Å². The van der Waals surface area contributed by atoms with E-state index >= 15 is 0 Å². The third kappa shape index (κ3) is 7.12. The minimum Gasteiger partial charge on any atom is -0.492 e. The van der Waals surface area contributed by atoms with Crippen molar-refractivity contribution in [2.45, 2.75) is 59.3 Å². The Morgan fingerprint density at radius 3 is 1.79 bits per heavy atom. The Bertz CT molecular complexity index is 471. The number of benzene rings is 1. The number of rotatable bonds is 12. The van der Waals surface area contributed by atoms with Crippen molar-refractivity contribution < 1.29 is 19.0 Å². The highest BCUT2D eigenvalue weighted by molar-refractivity contribution is 9.10. The van der Waals surface area contributed by atoms with E-state index in [-0.39, 0.29) is 5.97 Å². The summed E-state index contributed by atoms with van der Waals surface area (Å²) in [6, 6.07) is 3.45. The van der Waals surface area contributed by atoms with Gasteiger partial charge in [0.1, 0.15) is 16.0 Å². The van der Waals surface area contributed by atoms with Crippen LogP contribution in [-0.4, -0.2) is 25.8 Å². The van der Waals surface area contributed by atoms with Crippen molar-refractivity contribution in [1.82, 2.24) is 0 Å². The van der Waals surface area contributed by atoms with Gasteiger partial charge in [-0.1, -0.05) is 40.0 Å². The SMILES string of the molecule is CCCCOC(=O)c1cc(OCCCC)c(Br)c(OCCCC)c1. The van der Waals surface area contributed by atoms with Gasteiger partial charge in [-0.25, -0.2) is 4.79 Å². The average Bonchev–Trinajstić information content (AvgIpc) is 2.58. The second-order valence-corrected chi connectivity index (χ2v) is 6.47. The third-order valence-corrected chi connectivity index (χ3v) is 4.27. The zero-order valence-corrected chi connectivity index (χ0v) is 16.6. The van der Waals surface area contributed by atoms with Gasteiger partial charge in [0, 0.05) is 0 Å². The molecule has 0 saturated heterocycles. The van der Waals surface area contributed by atoms with E-state index in [2.05, 4.69) is 36.7 Å². The number of hydrogen-bond donors (Lipinski definition) is 0. The van der Waals surface area contributed by atoms with Crippen LogP contribution in [0.4, 0.5) is 0 Å². The van der Waals surface area contributed by atoms with Gasteiger partial charge in [0.25, 0.3) is 0 Å². The molecule has 1 aromatic carbocycles. The minimum absolute atomic E-state index is 0.336. The lowest BCUT2D eigenvalue weighted by molar-refractivity contribution is 0.0498. The van der Waals surface area contributed by atoms with Gasteiger partial charge in [0.05, 0.1) is 25.4 Å². The topological polar surface area (TPSA) is 44.8 Å². The number of hydrogen-bond acceptors (Lipinski definition) is 4. The van der Waals surface area contributed by atoms with E-state index in [9.17, 15) is 4.79 Å². The molecule has 24 heavy (non-hydrogen) atoms. The number of halogens is 1. The fraction of sp³-hybridized carbons (Fsp3) is 0.632. The van der Waals surface area contributed by atoms with Crippen LogP contribution >= 0.6 is 15.9 Å². The molecule has 0 unspecified atom stereocenters. The lowest BCUT2D eigenvalue weighted by Crippen LogP contribution is -2.09. The van der Waals surface area contributed by atoms with E-state index in [1.807, 2.05) is 0 Å². The average molecular weight is 401 g/mol. The predicted octanol–water partition coefficient (Wildman–Crippen LogP) is 5.76. The molecule has 4 nitrogen and oxygen atoms in total. The van der Waals surface area contributed by atoms with Gasteiger partial charge < -0.3 is 14.2 Å². The predicted molar refractivity (Wildman–Crippen MR) is 100 cm³/mol. The Morgan fingerprint density at radius 1 is 0.875 bits per heavy atom. The van der Waals surface area contributed by atoms with Crippen molar-refractivity contribution in [3.05, 3.63) is 22.2 Å². The van der Waals surface area contributed by atoms with E-state index in [0.29, 0.717) is 36.9 Å². The highest BCUT2D eigenvalue weighted by atomic mass is 79.9. The summed E-state index contributed by atoms with van der Waals surface area (Å²) in [5, 5.41) is 0. The van der Waals surface area contributed by atoms with Gasteiger partial charge in [0.15, 0.2) is 0 Å². The summed E-state index contributed by atoms with van der Waals surface area (Å²) in [5.74, 6) is 0.913. The number of ether oxygens (including phenoxy) is 3. The first-order valence-electron chi connectivity index (χ1n) is 8.90. The smallest absolute Gasteiger partial charge is 0.338 e. The molecule has 0 fully saturated rings. The normalized spacial score (nSPS) is 10.5. The molecule has 0 radical (unpaired) electrons. The van der Waals surface area contributed by atoms with Crippen molar-refractivity contribution in [2.24, 2.45) is 0 Å². The van der Waals surface area contributed by atoms with Crippen molar-refractivity contribution >= 4 is 21.9 Å². The number of carbonyl (C=O) groups excluding carboxylic acids is 1. The molecular weight excluding hydrogens is 372 g/mol. The van der Waals surface area contributed by atoms with Crippen molar-refractivity contribution in [3.63, 3.8) is 0 Å². The van der Waals surface area contributed by atoms with Crippen LogP contribution < -0.4 is 9.47 Å². The second kappa shape index (κ2) is 12.2. The van der Waals surface area contributed by atoms with Crippen molar-refractivity contribution in [3.8, 4) is 11.5 Å². The van der Waals surface area contributed by atoms with Gasteiger partial charge in [-0.3, -0.25) is 0 Å². The lowest BCUT2D eigenvalue weighted by atomic mass is 10.2. The molecule has 0 saturated carbocycles. The molecule has 0 atom stereocenters. The first-order valence-corrected chi connectivity index (χ1v) is 9.69. The number of esters is 1. The second-order valence-electron chi connectivity index (χ2n) is 5.68. The Balaban J connectivity index is 2.92. The molecule has 0 N–H and O–H groups in total. The highest BCUT2D eigenvalue weighted by Gasteiger charge is 2.16. The Morgan fingerprint density at radius 2 is 1.33 bits per heavy atom. The maximum absolute atomic E-state index is 12.2. The van der Waals surface area contributed by atoms with Crippen LogP contribution in [-0.2, 0) is 4.74 Å². The molecule has 0 heterocycles. The van der Waals surface area contributed by atoms with E-state index in [4.69, 9.17) is 14.2 Å². The fourth-order valence-corrected chi connectivity index (χ4v) is 2.40. The van der Waals surface area contributed by atoms with Crippen LogP contribution in [0.1, 0.15) is 69.7 Å². The van der Waals surface area contributed by atoms with E-state index < -0.39 is 0 Å². The number of carbonyl (C=O) groups is 1. The van der Waals surface area contributed by atoms with Gasteiger partial charge >= 0.3 is 5.97 Å². The molecule has 0 spiro atoms. The van der Waals surface area contributed by atoms with Crippen LogP contribution in [0.25, 0.3) is 0 Å². The largest absolute Gasteiger partial charge is 0.492 e. The standard InChI is InChI=1S/C19H29BrO4/c1-4-7-10-22-16-13-15(19(21)24-12-9-6-3)14-17(18(16)20)23-11-8-5-2/h13-14H,4-12H2,1-3H3. The number of unbranched alkanes of at least 4 members (excludes halogenated alkanes) is 3. The van der Waals surface area contributed by atoms with E-state index in [0.717, 1.165) is 43.0 Å². The molecule has 0 amide bonds. The van der Waals surface area contributed by atoms with Gasteiger partial charge in [0.2, 0.25) is 0 Å². The summed E-state index contributed by atoms with van der Waals surface area (Å²) in [4.78, 5) is 12.2. The molecule has 0 aliphatic heterocycles. The molecule has 5 heteroatoms. The van der Waals surface area contributed by atoms with E-state index in [1.165, 1.54) is 0 Å². The summed E-state index contributed by atoms with van der Waals surface area (Å²) < 4.78 is 17.7. The van der Waals surface area contributed by atoms with Crippen LogP contribution in [0.5, 0.6) is 11.5 Å². The molecule has 136 valence electrons. The maximum Gasteiger partial charge on any atom is 0.338 e. The Labute approximate surface area is 154 Å². The minimum atomic E-state index is -0.336. The summed E-state index contributed by atoms with van der Waals surface area (Å²) in [5.41, 5.74) is 0.465. The summed E-state index contributed by atoms with van der Waals surface area (Å²) in [6.45, 7) is 7.93. The Hall–Kier alpha value is -1.23. The summed E-state index contributed by atoms with van der Waals surface area (Å²) >= 11 is 3.53. The third-order valence-electron chi connectivity index (χ3n) is 3.48. The Kier molecular flexibility index (Phi) is 10.6. The van der Waals surface area contributed by atoms with Crippen molar-refractivity contribution in [2.75, 3.05) is 19.8 Å². The first kappa shape index (κ1) is 20.8. The molecule has 0 aromatic heterocycles. The van der Waals surface area contributed by atoms with E-state index in [1.54, 1.807) is 12.1 Å². The highest BCUT2D eigenvalue weighted by Crippen LogP contribution is 2.36. The molecular formula is C19H29BrO4. The monoisotopic (exact) mass is 400 g/mol. The van der Waals surface area contributed by atoms with Crippen LogP contribution in [0, 0.1) is 0 Å². The van der Waals surface area contributed by atoms with Gasteiger partial charge in [-0.05, 0) is 47.3 Å². The van der Waals surface area contributed by atoms with Gasteiger partial charge in [-0.15, -0.1) is 0 Å². The maximum atomic E-state index is 12.2. The molecule has 0 aliphatic carbocycles. The molecule has 1 aromatic rings. The molecule has 0 bridgehead atoms. The van der Waals surface area contributed by atoms with Crippen LogP contribution in [0.2, 0.25) is 0 Å². The van der Waals surface area contributed by atoms with Crippen LogP contribution in [0.3, 0.4) is 0 Å². The fourth-order valence-electron chi connectivity index (χ4n) is 1.95. The quantitative estimate of drug-likeness (QED) is 0.330. The molecule has 1 rings (SSSR count). The summed E-state index contributed by atoms with van der Waals surface area (Å²) in [6.07, 6.45) is 5.88. The summed E-state index contributed by atoms with van der Waals surface area (Å²) in [7, 11) is 0. The zero-order chi connectivity index (χ0) is 17.8. The zero-order valence-electron chi connectivity index (χ0n) is 15.0. The van der Waals surface area contributed by atoms with Crippen molar-refractivity contribution in [1.29, 1.82) is 0 Å². The van der Waals surface area contributed by atoms with Crippen LogP contribution in [0.15, 0.2) is 16.6 Å². The first-order chi connectivity index (χ1) is 11.6. The lowest BCUT2D eigenvalue weighted by Gasteiger charge is -2.15. The molecule has 0 aliphatic rings.